The van der Waals surface area contributed by atoms with E-state index in [1.807, 2.05) is 0 Å². The molecule has 0 unspecified atom stereocenters. The molecule has 0 fully saturated rings. The molecule has 1 aromatic rings. The number of aromatic hydroxyl groups is 1. The number of unbranched alkanes of at least 4 members (excludes halogenated alkanes) is 16. The van der Waals surface area contributed by atoms with E-state index in [9.17, 15) is 14.7 Å². The topological polar surface area (TPSA) is 72.8 Å². The molecule has 0 saturated carbocycles. The van der Waals surface area contributed by atoms with Gasteiger partial charge in [-0.15, -0.1) is 0 Å². The Kier molecular flexibility index (Phi) is 20.2. The first-order valence-electron chi connectivity index (χ1n) is 14.9. The highest BCUT2D eigenvalue weighted by Gasteiger charge is 2.21. The van der Waals surface area contributed by atoms with Crippen molar-refractivity contribution in [2.24, 2.45) is 0 Å². The lowest BCUT2D eigenvalue weighted by molar-refractivity contribution is -0.147. The van der Waals surface area contributed by atoms with Crippen molar-refractivity contribution in [2.75, 3.05) is 13.2 Å². The third-order valence-corrected chi connectivity index (χ3v) is 6.61. The minimum atomic E-state index is -0.648. The summed E-state index contributed by atoms with van der Waals surface area (Å²) in [6.45, 7) is 5.05. The number of phenols is 1. The second-order valence-corrected chi connectivity index (χ2v) is 10.1. The van der Waals surface area contributed by atoms with E-state index in [1.165, 1.54) is 95.3 Å². The number of carbonyl (C=O) groups excluding carboxylic acids is 2. The average molecular weight is 517 g/mol. The molecule has 0 amide bonds. The third-order valence-electron chi connectivity index (χ3n) is 6.61. The Morgan fingerprint density at radius 1 is 0.595 bits per heavy atom. The molecule has 0 saturated heterocycles. The molecule has 37 heavy (non-hydrogen) atoms. The summed E-state index contributed by atoms with van der Waals surface area (Å²) < 4.78 is 10.8. The van der Waals surface area contributed by atoms with Crippen molar-refractivity contribution in [3.8, 4) is 5.75 Å². The van der Waals surface area contributed by atoms with E-state index in [-0.39, 0.29) is 11.3 Å². The van der Waals surface area contributed by atoms with Crippen LogP contribution in [-0.4, -0.2) is 30.3 Å². The summed E-state index contributed by atoms with van der Waals surface area (Å²) in [4.78, 5) is 25.5. The summed E-state index contributed by atoms with van der Waals surface area (Å²) in [5, 5.41) is 9.52. The predicted octanol–water partition coefficient (Wildman–Crippen LogP) is 8.92. The van der Waals surface area contributed by atoms with Crippen LogP contribution in [-0.2, 0) is 19.1 Å². The van der Waals surface area contributed by atoms with Crippen molar-refractivity contribution in [3.05, 3.63) is 35.4 Å². The molecule has 0 aliphatic carbocycles. The van der Waals surface area contributed by atoms with E-state index in [0.717, 1.165) is 38.5 Å². The molecule has 0 radical (unpaired) electrons. The summed E-state index contributed by atoms with van der Waals surface area (Å²) in [5.41, 5.74) is 0.533. The summed E-state index contributed by atoms with van der Waals surface area (Å²) in [5.74, 6) is -1.17. The van der Waals surface area contributed by atoms with Crippen LogP contribution in [0.4, 0.5) is 0 Å². The van der Waals surface area contributed by atoms with Crippen molar-refractivity contribution in [3.63, 3.8) is 0 Å². The second kappa shape index (κ2) is 22.9. The summed E-state index contributed by atoms with van der Waals surface area (Å²) in [6.07, 6.45) is 22.8. The highest BCUT2D eigenvalue weighted by Crippen LogP contribution is 2.16. The van der Waals surface area contributed by atoms with Gasteiger partial charge < -0.3 is 14.6 Å². The minimum Gasteiger partial charge on any atom is -0.508 e. The van der Waals surface area contributed by atoms with Crippen LogP contribution in [0, 0.1) is 0 Å². The molecule has 0 atom stereocenters. The predicted molar refractivity (Wildman–Crippen MR) is 152 cm³/mol. The number of esters is 2. The highest BCUT2D eigenvalue weighted by molar-refractivity contribution is 6.17. The molecule has 0 bridgehead atoms. The van der Waals surface area contributed by atoms with Gasteiger partial charge in [-0.05, 0) is 36.6 Å². The summed E-state index contributed by atoms with van der Waals surface area (Å²) in [6, 6.07) is 6.34. The summed E-state index contributed by atoms with van der Waals surface area (Å²) in [7, 11) is 0. The normalized spacial score (nSPS) is 10.8. The van der Waals surface area contributed by atoms with Gasteiger partial charge >= 0.3 is 11.9 Å². The fourth-order valence-electron chi connectivity index (χ4n) is 4.25. The van der Waals surface area contributed by atoms with Crippen LogP contribution in [0.2, 0.25) is 0 Å². The van der Waals surface area contributed by atoms with Gasteiger partial charge in [0.05, 0.1) is 13.2 Å². The zero-order valence-electron chi connectivity index (χ0n) is 23.6. The molecule has 0 spiro atoms. The molecule has 5 nitrogen and oxygen atoms in total. The Balaban J connectivity index is 2.40. The van der Waals surface area contributed by atoms with Crippen LogP contribution in [0.3, 0.4) is 0 Å². The Morgan fingerprint density at radius 3 is 1.32 bits per heavy atom. The van der Waals surface area contributed by atoms with Gasteiger partial charge in [0, 0.05) is 0 Å². The van der Waals surface area contributed by atoms with E-state index in [2.05, 4.69) is 13.8 Å². The number of benzene rings is 1. The molecular formula is C32H52O5. The molecule has 0 heterocycles. The third kappa shape index (κ3) is 17.7. The lowest BCUT2D eigenvalue weighted by atomic mass is 10.1. The molecule has 210 valence electrons. The van der Waals surface area contributed by atoms with E-state index in [0.29, 0.717) is 18.8 Å². The van der Waals surface area contributed by atoms with Crippen molar-refractivity contribution in [1.82, 2.24) is 0 Å². The standard InChI is InChI=1S/C32H52O5/c1-3-5-7-9-11-13-15-17-19-25-36-31(34)30(27-28-21-23-29(33)24-22-28)32(35)37-26-20-18-16-14-12-10-8-6-4-2/h21-24,27,33H,3-20,25-26H2,1-2H3. The Labute approximate surface area is 226 Å². The maximum atomic E-state index is 12.7. The molecule has 0 aliphatic heterocycles. The summed E-state index contributed by atoms with van der Waals surface area (Å²) >= 11 is 0. The first kappa shape index (κ1) is 32.7. The van der Waals surface area contributed by atoms with Crippen LogP contribution < -0.4 is 0 Å². The van der Waals surface area contributed by atoms with E-state index in [4.69, 9.17) is 9.47 Å². The van der Waals surface area contributed by atoms with Gasteiger partial charge in [-0.1, -0.05) is 129 Å². The van der Waals surface area contributed by atoms with Crippen molar-refractivity contribution in [2.45, 2.75) is 129 Å². The van der Waals surface area contributed by atoms with Gasteiger partial charge in [0.25, 0.3) is 0 Å². The molecule has 5 heteroatoms. The van der Waals surface area contributed by atoms with Gasteiger partial charge in [0.2, 0.25) is 0 Å². The number of hydrogen-bond acceptors (Lipinski definition) is 5. The number of rotatable bonds is 23. The fraction of sp³-hybridized carbons (Fsp3) is 0.688. The molecule has 1 aromatic carbocycles. The van der Waals surface area contributed by atoms with Crippen molar-refractivity contribution >= 4 is 18.0 Å². The first-order chi connectivity index (χ1) is 18.1. The number of phenolic OH excluding ortho intramolecular Hbond substituents is 1. The molecule has 1 N–H and O–H groups in total. The van der Waals surface area contributed by atoms with Crippen LogP contribution in [0.15, 0.2) is 29.8 Å². The smallest absolute Gasteiger partial charge is 0.345 e. The van der Waals surface area contributed by atoms with Crippen molar-refractivity contribution in [1.29, 1.82) is 0 Å². The Morgan fingerprint density at radius 2 is 0.946 bits per heavy atom. The SMILES string of the molecule is CCCCCCCCCCCOC(=O)C(=Cc1ccc(O)cc1)C(=O)OCCCCCCCCCCC. The maximum absolute atomic E-state index is 12.7. The van der Waals surface area contributed by atoms with Gasteiger partial charge in [-0.2, -0.15) is 0 Å². The van der Waals surface area contributed by atoms with E-state index in [1.54, 1.807) is 12.1 Å². The highest BCUT2D eigenvalue weighted by atomic mass is 16.6. The average Bonchev–Trinajstić information content (AvgIpc) is 2.90. The second-order valence-electron chi connectivity index (χ2n) is 10.1. The molecule has 0 aliphatic rings. The van der Waals surface area contributed by atoms with Gasteiger partial charge in [0.15, 0.2) is 0 Å². The Bertz CT molecular complexity index is 700. The maximum Gasteiger partial charge on any atom is 0.345 e. The van der Waals surface area contributed by atoms with E-state index < -0.39 is 11.9 Å². The molecule has 0 aromatic heterocycles. The van der Waals surface area contributed by atoms with Crippen molar-refractivity contribution < 1.29 is 24.2 Å². The number of ether oxygens (including phenoxy) is 2. The van der Waals surface area contributed by atoms with Crippen LogP contribution >= 0.6 is 0 Å². The largest absolute Gasteiger partial charge is 0.508 e. The lowest BCUT2D eigenvalue weighted by Crippen LogP contribution is -2.19. The number of hydrogen-bond donors (Lipinski definition) is 1. The van der Waals surface area contributed by atoms with Gasteiger partial charge in [-0.3, -0.25) is 0 Å². The zero-order chi connectivity index (χ0) is 27.0. The number of carbonyl (C=O) groups is 2. The zero-order valence-corrected chi connectivity index (χ0v) is 23.6. The van der Waals surface area contributed by atoms with Crippen LogP contribution in [0.5, 0.6) is 5.75 Å². The van der Waals surface area contributed by atoms with E-state index >= 15 is 0 Å². The van der Waals surface area contributed by atoms with Gasteiger partial charge in [-0.25, -0.2) is 9.59 Å². The molecule has 1 rings (SSSR count). The van der Waals surface area contributed by atoms with Gasteiger partial charge in [0.1, 0.15) is 11.3 Å². The fourth-order valence-corrected chi connectivity index (χ4v) is 4.25. The minimum absolute atomic E-state index is 0.0995. The first-order valence-corrected chi connectivity index (χ1v) is 14.9. The Hall–Kier alpha value is -2.30. The van der Waals surface area contributed by atoms with Crippen LogP contribution in [0.25, 0.3) is 6.08 Å². The van der Waals surface area contributed by atoms with Crippen LogP contribution in [0.1, 0.15) is 135 Å². The molecular weight excluding hydrogens is 464 g/mol. The quantitative estimate of drug-likeness (QED) is 0.0517. The monoisotopic (exact) mass is 516 g/mol. The lowest BCUT2D eigenvalue weighted by Gasteiger charge is -2.10.